The third-order valence-electron chi connectivity index (χ3n) is 2.66. The number of ether oxygens (including phenoxy) is 2. The van der Waals surface area contributed by atoms with Crippen LogP contribution >= 0.6 is 0 Å². The molecule has 2 atom stereocenters. The van der Waals surface area contributed by atoms with E-state index < -0.39 is 0 Å². The maximum Gasteiger partial charge on any atom is 0.0814 e. The van der Waals surface area contributed by atoms with Gasteiger partial charge in [-0.1, -0.05) is 19.9 Å². The van der Waals surface area contributed by atoms with E-state index in [1.54, 1.807) is 6.08 Å². The fraction of sp³-hybridized carbons (Fsp3) is 0.846. The topological polar surface area (TPSA) is 30.5 Å². The van der Waals surface area contributed by atoms with Gasteiger partial charge in [-0.3, -0.25) is 0 Å². The van der Waals surface area contributed by atoms with Gasteiger partial charge in [0, 0.05) is 6.54 Å². The van der Waals surface area contributed by atoms with E-state index in [4.69, 9.17) is 9.47 Å². The van der Waals surface area contributed by atoms with Crippen molar-refractivity contribution in [3.8, 4) is 0 Å². The number of hydrogen-bond donors (Lipinski definition) is 1. The molecule has 0 bridgehead atoms. The van der Waals surface area contributed by atoms with Crippen LogP contribution in [0.5, 0.6) is 0 Å². The summed E-state index contributed by atoms with van der Waals surface area (Å²) in [5.41, 5.74) is 0. The lowest BCUT2D eigenvalue weighted by Crippen LogP contribution is -2.30. The summed E-state index contributed by atoms with van der Waals surface area (Å²) >= 11 is 0. The molecule has 1 fully saturated rings. The van der Waals surface area contributed by atoms with Gasteiger partial charge in [0.25, 0.3) is 0 Å². The second kappa shape index (κ2) is 7.82. The summed E-state index contributed by atoms with van der Waals surface area (Å²) in [4.78, 5) is 0. The summed E-state index contributed by atoms with van der Waals surface area (Å²) in [5, 5.41) is 3.43. The van der Waals surface area contributed by atoms with Crippen molar-refractivity contribution < 1.29 is 9.47 Å². The molecule has 1 saturated heterocycles. The molecule has 0 saturated carbocycles. The number of rotatable bonds is 8. The second-order valence-electron chi connectivity index (χ2n) is 4.84. The van der Waals surface area contributed by atoms with E-state index in [9.17, 15) is 0 Å². The molecular formula is C13H25NO2. The van der Waals surface area contributed by atoms with Crippen molar-refractivity contribution in [3.05, 3.63) is 12.7 Å². The largest absolute Gasteiger partial charge is 0.375 e. The molecule has 1 aliphatic heterocycles. The summed E-state index contributed by atoms with van der Waals surface area (Å²) in [7, 11) is 0. The third kappa shape index (κ3) is 5.64. The molecule has 2 unspecified atom stereocenters. The Morgan fingerprint density at radius 3 is 2.88 bits per heavy atom. The van der Waals surface area contributed by atoms with Crippen LogP contribution in [0, 0.1) is 5.92 Å². The van der Waals surface area contributed by atoms with Crippen LogP contribution in [0.15, 0.2) is 12.7 Å². The molecule has 3 heteroatoms. The molecule has 0 aromatic carbocycles. The molecule has 1 rings (SSSR count). The van der Waals surface area contributed by atoms with Crippen molar-refractivity contribution >= 4 is 0 Å². The predicted molar refractivity (Wildman–Crippen MR) is 66.6 cm³/mol. The molecular weight excluding hydrogens is 202 g/mol. The third-order valence-corrected chi connectivity index (χ3v) is 2.66. The average molecular weight is 227 g/mol. The van der Waals surface area contributed by atoms with E-state index in [1.165, 1.54) is 0 Å². The molecule has 16 heavy (non-hydrogen) atoms. The van der Waals surface area contributed by atoms with Crippen LogP contribution < -0.4 is 5.32 Å². The Balaban J connectivity index is 2.03. The highest BCUT2D eigenvalue weighted by molar-refractivity contribution is 4.76. The highest BCUT2D eigenvalue weighted by atomic mass is 16.5. The number of hydrogen-bond acceptors (Lipinski definition) is 3. The monoisotopic (exact) mass is 227 g/mol. The average Bonchev–Trinajstić information content (AvgIpc) is 2.66. The summed E-state index contributed by atoms with van der Waals surface area (Å²) < 4.78 is 11.3. The minimum absolute atomic E-state index is 0.283. The lowest BCUT2D eigenvalue weighted by molar-refractivity contribution is -0.00815. The van der Waals surface area contributed by atoms with Crippen molar-refractivity contribution in [2.75, 3.05) is 26.3 Å². The van der Waals surface area contributed by atoms with E-state index in [0.717, 1.165) is 25.9 Å². The highest BCUT2D eigenvalue weighted by Gasteiger charge is 2.24. The van der Waals surface area contributed by atoms with Gasteiger partial charge in [0.15, 0.2) is 0 Å². The minimum atomic E-state index is 0.283. The van der Waals surface area contributed by atoms with Crippen LogP contribution in [0.25, 0.3) is 0 Å². The van der Waals surface area contributed by atoms with Crippen molar-refractivity contribution in [2.24, 2.45) is 5.92 Å². The minimum Gasteiger partial charge on any atom is -0.375 e. The molecule has 3 nitrogen and oxygen atoms in total. The maximum absolute atomic E-state index is 5.87. The molecule has 1 heterocycles. The Bertz CT molecular complexity index is 194. The standard InChI is InChI=1S/C13H25NO2/c1-4-7-15-10-13-6-5-12(16-13)9-14-8-11(2)3/h4,11-14H,1,5-10H2,2-3H3. The van der Waals surface area contributed by atoms with Gasteiger partial charge in [-0.25, -0.2) is 0 Å². The zero-order valence-electron chi connectivity index (χ0n) is 10.6. The molecule has 0 amide bonds. The molecule has 0 aromatic rings. The lowest BCUT2D eigenvalue weighted by Gasteiger charge is -2.15. The predicted octanol–water partition coefficient (Wildman–Crippen LogP) is 1.98. The quantitative estimate of drug-likeness (QED) is 0.508. The first-order valence-electron chi connectivity index (χ1n) is 6.27. The summed E-state index contributed by atoms with van der Waals surface area (Å²) in [6, 6.07) is 0. The molecule has 0 aromatic heterocycles. The Morgan fingerprint density at radius 2 is 2.19 bits per heavy atom. The van der Waals surface area contributed by atoms with Gasteiger partial charge >= 0.3 is 0 Å². The fourth-order valence-corrected chi connectivity index (χ4v) is 1.87. The second-order valence-corrected chi connectivity index (χ2v) is 4.84. The van der Waals surface area contributed by atoms with Crippen molar-refractivity contribution in [1.82, 2.24) is 5.32 Å². The highest BCUT2D eigenvalue weighted by Crippen LogP contribution is 2.19. The first kappa shape index (κ1) is 13.7. The molecule has 0 radical (unpaired) electrons. The normalized spacial score (nSPS) is 25.2. The Hall–Kier alpha value is -0.380. The first-order chi connectivity index (χ1) is 7.72. The summed E-state index contributed by atoms with van der Waals surface area (Å²) in [5.74, 6) is 0.702. The molecule has 1 aliphatic rings. The zero-order chi connectivity index (χ0) is 11.8. The van der Waals surface area contributed by atoms with Gasteiger partial charge in [-0.2, -0.15) is 0 Å². The Morgan fingerprint density at radius 1 is 1.44 bits per heavy atom. The van der Waals surface area contributed by atoms with Crippen LogP contribution in [0.2, 0.25) is 0 Å². The SMILES string of the molecule is C=CCOCC1CCC(CNCC(C)C)O1. The van der Waals surface area contributed by atoms with Crippen LogP contribution in [0.1, 0.15) is 26.7 Å². The van der Waals surface area contributed by atoms with E-state index >= 15 is 0 Å². The van der Waals surface area contributed by atoms with E-state index in [2.05, 4.69) is 25.7 Å². The van der Waals surface area contributed by atoms with Gasteiger partial charge in [-0.15, -0.1) is 6.58 Å². The van der Waals surface area contributed by atoms with Crippen LogP contribution in [-0.4, -0.2) is 38.5 Å². The maximum atomic E-state index is 5.87. The van der Waals surface area contributed by atoms with Gasteiger partial charge in [0.1, 0.15) is 0 Å². The molecule has 0 aliphatic carbocycles. The smallest absolute Gasteiger partial charge is 0.0814 e. The van der Waals surface area contributed by atoms with Gasteiger partial charge in [0.2, 0.25) is 0 Å². The lowest BCUT2D eigenvalue weighted by atomic mass is 10.2. The van der Waals surface area contributed by atoms with Gasteiger partial charge in [-0.05, 0) is 25.3 Å². The van der Waals surface area contributed by atoms with Gasteiger partial charge < -0.3 is 14.8 Å². The van der Waals surface area contributed by atoms with Crippen LogP contribution in [-0.2, 0) is 9.47 Å². The van der Waals surface area contributed by atoms with Crippen LogP contribution in [0.4, 0.5) is 0 Å². The van der Waals surface area contributed by atoms with Crippen molar-refractivity contribution in [3.63, 3.8) is 0 Å². The first-order valence-corrected chi connectivity index (χ1v) is 6.27. The van der Waals surface area contributed by atoms with Crippen LogP contribution in [0.3, 0.4) is 0 Å². The molecule has 0 spiro atoms. The van der Waals surface area contributed by atoms with Crippen molar-refractivity contribution in [1.29, 1.82) is 0 Å². The van der Waals surface area contributed by atoms with Crippen molar-refractivity contribution in [2.45, 2.75) is 38.9 Å². The van der Waals surface area contributed by atoms with E-state index in [0.29, 0.717) is 25.2 Å². The van der Waals surface area contributed by atoms with Gasteiger partial charge in [0.05, 0.1) is 25.4 Å². The van der Waals surface area contributed by atoms with E-state index in [1.807, 2.05) is 0 Å². The number of nitrogens with one attached hydrogen (secondary N) is 1. The Kier molecular flexibility index (Phi) is 6.69. The van der Waals surface area contributed by atoms with E-state index in [-0.39, 0.29) is 6.10 Å². The molecule has 94 valence electrons. The summed E-state index contributed by atoms with van der Waals surface area (Å²) in [6.07, 6.45) is 4.69. The molecule has 1 N–H and O–H groups in total. The zero-order valence-corrected chi connectivity index (χ0v) is 10.6. The fourth-order valence-electron chi connectivity index (χ4n) is 1.87. The Labute approximate surface area is 99.2 Å². The summed E-state index contributed by atoms with van der Waals surface area (Å²) in [6.45, 7) is 11.4.